The number of ether oxygens (including phenoxy) is 1. The first-order valence-corrected chi connectivity index (χ1v) is 4.78. The van der Waals surface area contributed by atoms with E-state index in [4.69, 9.17) is 11.6 Å². The van der Waals surface area contributed by atoms with Crippen molar-refractivity contribution in [3.05, 3.63) is 32.8 Å². The van der Waals surface area contributed by atoms with E-state index in [-0.39, 0.29) is 0 Å². The average Bonchev–Trinajstić information content (AvgIpc) is 2.13. The fourth-order valence-electron chi connectivity index (χ4n) is 0.914. The van der Waals surface area contributed by atoms with Crippen LogP contribution >= 0.6 is 27.5 Å². The number of aryl methyl sites for hydroxylation is 1. The largest absolute Gasteiger partial charge is 0.465 e. The van der Waals surface area contributed by atoms with Gasteiger partial charge in [-0.25, -0.2) is 4.79 Å². The Kier molecular flexibility index (Phi) is 3.33. The summed E-state index contributed by atoms with van der Waals surface area (Å²) < 4.78 is 5.17. The van der Waals surface area contributed by atoms with Gasteiger partial charge in [-0.05, 0) is 34.5 Å². The van der Waals surface area contributed by atoms with Crippen molar-refractivity contribution >= 4 is 33.5 Å². The van der Waals surface area contributed by atoms with Crippen molar-refractivity contribution in [3.63, 3.8) is 0 Å². The van der Waals surface area contributed by atoms with Crippen molar-refractivity contribution in [2.75, 3.05) is 7.11 Å². The Balaban J connectivity index is 3.26. The Morgan fingerprint density at radius 2 is 2.15 bits per heavy atom. The molecule has 4 heteroatoms. The van der Waals surface area contributed by atoms with Crippen molar-refractivity contribution in [2.45, 2.75) is 6.92 Å². The molecule has 0 heterocycles. The fourth-order valence-corrected chi connectivity index (χ4v) is 1.69. The SMILES string of the molecule is COC(=O)c1ccc(C)c(Cl)c1Br. The van der Waals surface area contributed by atoms with Crippen LogP contribution in [0.5, 0.6) is 0 Å². The van der Waals surface area contributed by atoms with Crippen LogP contribution in [0.2, 0.25) is 5.02 Å². The number of carbonyl (C=O) groups is 1. The van der Waals surface area contributed by atoms with Gasteiger partial charge < -0.3 is 4.74 Å². The molecule has 0 aliphatic carbocycles. The number of carbonyl (C=O) groups excluding carboxylic acids is 1. The summed E-state index contributed by atoms with van der Waals surface area (Å²) in [6.07, 6.45) is 0. The molecule has 0 saturated heterocycles. The summed E-state index contributed by atoms with van der Waals surface area (Å²) in [5.74, 6) is -0.395. The molecule has 13 heavy (non-hydrogen) atoms. The third kappa shape index (κ3) is 2.03. The number of benzene rings is 1. The molecule has 0 amide bonds. The predicted molar refractivity (Wildman–Crippen MR) is 55.2 cm³/mol. The predicted octanol–water partition coefficient (Wildman–Crippen LogP) is 3.20. The average molecular weight is 264 g/mol. The molecule has 0 radical (unpaired) electrons. The maximum Gasteiger partial charge on any atom is 0.339 e. The second-order valence-corrected chi connectivity index (χ2v) is 3.72. The van der Waals surface area contributed by atoms with Gasteiger partial charge >= 0.3 is 5.97 Å². The highest BCUT2D eigenvalue weighted by atomic mass is 79.9. The van der Waals surface area contributed by atoms with Crippen molar-refractivity contribution in [3.8, 4) is 0 Å². The number of rotatable bonds is 1. The van der Waals surface area contributed by atoms with E-state index in [1.54, 1.807) is 12.1 Å². The summed E-state index contributed by atoms with van der Waals surface area (Å²) in [6, 6.07) is 3.45. The Hall–Kier alpha value is -0.540. The standard InChI is InChI=1S/C9H8BrClO2/c1-5-3-4-6(9(12)13-2)7(10)8(5)11/h3-4H,1-2H3. The molecule has 1 aromatic rings. The van der Waals surface area contributed by atoms with Gasteiger partial charge in [0.05, 0.1) is 22.2 Å². The van der Waals surface area contributed by atoms with E-state index in [0.29, 0.717) is 15.1 Å². The first-order valence-electron chi connectivity index (χ1n) is 3.61. The smallest absolute Gasteiger partial charge is 0.339 e. The molecule has 0 unspecified atom stereocenters. The molecular formula is C9H8BrClO2. The van der Waals surface area contributed by atoms with Gasteiger partial charge in [-0.2, -0.15) is 0 Å². The second kappa shape index (κ2) is 4.11. The van der Waals surface area contributed by atoms with Crippen molar-refractivity contribution in [1.82, 2.24) is 0 Å². The Bertz CT molecular complexity index is 350. The molecule has 0 spiro atoms. The van der Waals surface area contributed by atoms with Crippen LogP contribution in [0.4, 0.5) is 0 Å². The molecule has 0 bridgehead atoms. The molecule has 1 aromatic carbocycles. The van der Waals surface area contributed by atoms with Crippen LogP contribution in [-0.2, 0) is 4.74 Å². The number of hydrogen-bond acceptors (Lipinski definition) is 2. The highest BCUT2D eigenvalue weighted by Gasteiger charge is 2.13. The molecule has 0 atom stereocenters. The first-order chi connectivity index (χ1) is 6.07. The zero-order valence-electron chi connectivity index (χ0n) is 7.23. The maximum absolute atomic E-state index is 11.2. The minimum absolute atomic E-state index is 0.395. The second-order valence-electron chi connectivity index (χ2n) is 2.55. The van der Waals surface area contributed by atoms with Gasteiger partial charge in [0.2, 0.25) is 0 Å². The lowest BCUT2D eigenvalue weighted by molar-refractivity contribution is 0.0599. The number of methoxy groups -OCH3 is 1. The van der Waals surface area contributed by atoms with Crippen LogP contribution in [-0.4, -0.2) is 13.1 Å². The lowest BCUT2D eigenvalue weighted by atomic mass is 10.1. The third-order valence-corrected chi connectivity index (χ3v) is 3.22. The van der Waals surface area contributed by atoms with Crippen LogP contribution < -0.4 is 0 Å². The fraction of sp³-hybridized carbons (Fsp3) is 0.222. The molecular weight excluding hydrogens is 255 g/mol. The summed E-state index contributed by atoms with van der Waals surface area (Å²) in [7, 11) is 1.34. The highest BCUT2D eigenvalue weighted by Crippen LogP contribution is 2.29. The summed E-state index contributed by atoms with van der Waals surface area (Å²) in [5.41, 5.74) is 1.36. The van der Waals surface area contributed by atoms with Gasteiger partial charge in [0.1, 0.15) is 0 Å². The first kappa shape index (κ1) is 10.5. The van der Waals surface area contributed by atoms with E-state index in [9.17, 15) is 4.79 Å². The Morgan fingerprint density at radius 1 is 1.54 bits per heavy atom. The highest BCUT2D eigenvalue weighted by molar-refractivity contribution is 9.10. The monoisotopic (exact) mass is 262 g/mol. The van der Waals surface area contributed by atoms with Gasteiger partial charge in [-0.1, -0.05) is 17.7 Å². The van der Waals surface area contributed by atoms with Crippen molar-refractivity contribution < 1.29 is 9.53 Å². The van der Waals surface area contributed by atoms with E-state index < -0.39 is 5.97 Å². The normalized spacial score (nSPS) is 9.85. The molecule has 1 rings (SSSR count). The minimum Gasteiger partial charge on any atom is -0.465 e. The molecule has 0 aliphatic heterocycles. The van der Waals surface area contributed by atoms with E-state index in [1.807, 2.05) is 6.92 Å². The molecule has 0 aliphatic rings. The van der Waals surface area contributed by atoms with E-state index in [0.717, 1.165) is 5.56 Å². The molecule has 2 nitrogen and oxygen atoms in total. The summed E-state index contributed by atoms with van der Waals surface area (Å²) in [4.78, 5) is 11.2. The van der Waals surface area contributed by atoms with Crippen LogP contribution in [0.15, 0.2) is 16.6 Å². The van der Waals surface area contributed by atoms with Crippen molar-refractivity contribution in [1.29, 1.82) is 0 Å². The Morgan fingerprint density at radius 3 is 2.69 bits per heavy atom. The van der Waals surface area contributed by atoms with Crippen LogP contribution in [0, 0.1) is 6.92 Å². The molecule has 0 fully saturated rings. The summed E-state index contributed by atoms with van der Waals surface area (Å²) >= 11 is 9.17. The van der Waals surface area contributed by atoms with Gasteiger partial charge in [0.15, 0.2) is 0 Å². The molecule has 70 valence electrons. The lowest BCUT2D eigenvalue weighted by Crippen LogP contribution is -2.02. The lowest BCUT2D eigenvalue weighted by Gasteiger charge is -2.05. The van der Waals surface area contributed by atoms with E-state index in [1.165, 1.54) is 7.11 Å². The van der Waals surface area contributed by atoms with Crippen LogP contribution in [0.1, 0.15) is 15.9 Å². The van der Waals surface area contributed by atoms with Crippen LogP contribution in [0.25, 0.3) is 0 Å². The van der Waals surface area contributed by atoms with E-state index >= 15 is 0 Å². The molecule has 0 aromatic heterocycles. The summed E-state index contributed by atoms with van der Waals surface area (Å²) in [5, 5.41) is 0.544. The Labute approximate surface area is 90.0 Å². The zero-order chi connectivity index (χ0) is 10.0. The van der Waals surface area contributed by atoms with Gasteiger partial charge in [-0.3, -0.25) is 0 Å². The van der Waals surface area contributed by atoms with Gasteiger partial charge in [0.25, 0.3) is 0 Å². The van der Waals surface area contributed by atoms with Crippen molar-refractivity contribution in [2.24, 2.45) is 0 Å². The summed E-state index contributed by atoms with van der Waals surface area (Å²) in [6.45, 7) is 1.87. The van der Waals surface area contributed by atoms with Gasteiger partial charge in [-0.15, -0.1) is 0 Å². The quantitative estimate of drug-likeness (QED) is 0.727. The number of hydrogen-bond donors (Lipinski definition) is 0. The molecule has 0 N–H and O–H groups in total. The maximum atomic E-state index is 11.2. The zero-order valence-corrected chi connectivity index (χ0v) is 9.57. The third-order valence-electron chi connectivity index (χ3n) is 1.68. The van der Waals surface area contributed by atoms with E-state index in [2.05, 4.69) is 20.7 Å². The molecule has 0 saturated carbocycles. The number of esters is 1. The van der Waals surface area contributed by atoms with Crippen LogP contribution in [0.3, 0.4) is 0 Å². The topological polar surface area (TPSA) is 26.3 Å². The minimum atomic E-state index is -0.395. The van der Waals surface area contributed by atoms with Gasteiger partial charge in [0, 0.05) is 0 Å². The number of halogens is 2.